The molecule has 1 amide bonds. The van der Waals surface area contributed by atoms with Crippen LogP contribution in [0.2, 0.25) is 0 Å². The molecule has 0 radical (unpaired) electrons. The molecule has 0 unspecified atom stereocenters. The Labute approximate surface area is 257 Å². The number of aromatic hydroxyl groups is 1. The number of halogens is 2. The van der Waals surface area contributed by atoms with Crippen molar-refractivity contribution in [3.05, 3.63) is 98.7 Å². The minimum atomic E-state index is -0.737. The van der Waals surface area contributed by atoms with Crippen LogP contribution in [0, 0.1) is 3.57 Å². The number of hydrogen-bond donors (Lipinski definition) is 1. The van der Waals surface area contributed by atoms with E-state index in [1.165, 1.54) is 11.3 Å². The standard InChI is InChI=1S/C30H27BrIN3O4S/c1-5-34(6-2)29(38)24-16(3)33-30-35(26(24)25-19-10-8-7-9-18(19)11-12-22(25)39-4)28(37)23(40-30)15-17-13-20(31)27(36)21(32)14-17/h7-15,26,36H,5-6H2,1-4H3/b23-15+/t26-/m0/s1. The number of thiazole rings is 1. The molecule has 206 valence electrons. The van der Waals surface area contributed by atoms with E-state index in [1.807, 2.05) is 63.2 Å². The van der Waals surface area contributed by atoms with Crippen LogP contribution in [0.1, 0.15) is 37.9 Å². The molecule has 0 spiro atoms. The van der Waals surface area contributed by atoms with Gasteiger partial charge in [0.2, 0.25) is 0 Å². The highest BCUT2D eigenvalue weighted by Gasteiger charge is 2.36. The number of ether oxygens (including phenoxy) is 1. The number of phenolic OH excluding ortho intramolecular Hbond substituents is 1. The van der Waals surface area contributed by atoms with Gasteiger partial charge in [-0.2, -0.15) is 0 Å². The van der Waals surface area contributed by atoms with Crippen LogP contribution in [-0.4, -0.2) is 40.7 Å². The molecule has 1 aliphatic heterocycles. The van der Waals surface area contributed by atoms with E-state index in [0.29, 0.717) is 47.5 Å². The molecular formula is C30H27BrIN3O4S. The first-order valence-corrected chi connectivity index (χ1v) is 15.4. The summed E-state index contributed by atoms with van der Waals surface area (Å²) in [5.74, 6) is 0.588. The highest BCUT2D eigenvalue weighted by molar-refractivity contribution is 14.1. The molecule has 3 aromatic carbocycles. The maximum absolute atomic E-state index is 14.2. The van der Waals surface area contributed by atoms with E-state index in [0.717, 1.165) is 21.9 Å². The zero-order valence-electron chi connectivity index (χ0n) is 22.4. The molecular weight excluding hydrogens is 705 g/mol. The van der Waals surface area contributed by atoms with Crippen molar-refractivity contribution in [3.8, 4) is 11.5 Å². The molecule has 10 heteroatoms. The van der Waals surface area contributed by atoms with Crippen LogP contribution in [0.3, 0.4) is 0 Å². The first-order valence-electron chi connectivity index (χ1n) is 12.8. The number of likely N-dealkylation sites (N-methyl/N-ethyl adjacent to an activating group) is 1. The number of aromatic nitrogens is 1. The quantitative estimate of drug-likeness (QED) is 0.272. The molecule has 4 aromatic rings. The van der Waals surface area contributed by atoms with Crippen LogP contribution in [0.5, 0.6) is 11.5 Å². The summed E-state index contributed by atoms with van der Waals surface area (Å²) in [6, 6.07) is 14.6. The molecule has 0 bridgehead atoms. The van der Waals surface area contributed by atoms with Crippen molar-refractivity contribution < 1.29 is 14.6 Å². The minimum Gasteiger partial charge on any atom is -0.506 e. The highest BCUT2D eigenvalue weighted by Crippen LogP contribution is 2.40. The van der Waals surface area contributed by atoms with Crippen LogP contribution in [0.15, 0.2) is 74.1 Å². The fourth-order valence-electron chi connectivity index (χ4n) is 5.10. The van der Waals surface area contributed by atoms with Gasteiger partial charge in [0.05, 0.1) is 31.0 Å². The molecule has 1 aromatic heterocycles. The highest BCUT2D eigenvalue weighted by atomic mass is 127. The summed E-state index contributed by atoms with van der Waals surface area (Å²) in [4.78, 5) is 35.3. The summed E-state index contributed by atoms with van der Waals surface area (Å²) in [5.41, 5.74) is 2.29. The third-order valence-electron chi connectivity index (χ3n) is 7.06. The molecule has 0 aliphatic carbocycles. The summed E-state index contributed by atoms with van der Waals surface area (Å²) in [7, 11) is 1.60. The average molecular weight is 732 g/mol. The second-order valence-electron chi connectivity index (χ2n) is 9.30. The van der Waals surface area contributed by atoms with Crippen molar-refractivity contribution in [2.45, 2.75) is 26.8 Å². The lowest BCUT2D eigenvalue weighted by Crippen LogP contribution is -2.43. The van der Waals surface area contributed by atoms with Gasteiger partial charge in [0, 0.05) is 18.7 Å². The Kier molecular flexibility index (Phi) is 8.21. The van der Waals surface area contributed by atoms with Gasteiger partial charge in [-0.15, -0.1) is 0 Å². The van der Waals surface area contributed by atoms with Gasteiger partial charge in [0.15, 0.2) is 4.80 Å². The molecule has 0 saturated carbocycles. The second kappa shape index (κ2) is 11.5. The molecule has 1 aliphatic rings. The summed E-state index contributed by atoms with van der Waals surface area (Å²) in [6.07, 6.45) is 1.79. The number of nitrogens with zero attached hydrogens (tertiary/aromatic N) is 3. The number of amides is 1. The molecule has 7 nitrogen and oxygen atoms in total. The minimum absolute atomic E-state index is 0.150. The predicted octanol–water partition coefficient (Wildman–Crippen LogP) is 5.34. The number of carbonyl (C=O) groups excluding carboxylic acids is 1. The molecule has 40 heavy (non-hydrogen) atoms. The van der Waals surface area contributed by atoms with Crippen molar-refractivity contribution in [3.63, 3.8) is 0 Å². The zero-order chi connectivity index (χ0) is 28.7. The third-order valence-corrected chi connectivity index (χ3v) is 9.47. The van der Waals surface area contributed by atoms with Crippen molar-refractivity contribution in [2.75, 3.05) is 20.2 Å². The van der Waals surface area contributed by atoms with Crippen molar-refractivity contribution in [1.82, 2.24) is 9.47 Å². The van der Waals surface area contributed by atoms with E-state index in [1.54, 1.807) is 28.7 Å². The third kappa shape index (κ3) is 4.90. The Hall–Kier alpha value is -2.96. The summed E-state index contributed by atoms with van der Waals surface area (Å²) in [5, 5.41) is 12.1. The van der Waals surface area contributed by atoms with Crippen molar-refractivity contribution >= 4 is 72.6 Å². The number of hydrogen-bond acceptors (Lipinski definition) is 6. The Morgan fingerprint density at radius 2 is 1.95 bits per heavy atom. The van der Waals surface area contributed by atoms with Crippen LogP contribution in [-0.2, 0) is 4.79 Å². The van der Waals surface area contributed by atoms with E-state index in [4.69, 9.17) is 9.73 Å². The number of rotatable bonds is 6. The molecule has 1 atom stereocenters. The SMILES string of the molecule is CCN(CC)C(=O)C1=C(C)N=c2s/c(=C/c3cc(Br)c(O)c(I)c3)c(=O)n2[C@@H]1c1c(OC)ccc2ccccc12. The van der Waals surface area contributed by atoms with E-state index < -0.39 is 6.04 Å². The molecule has 0 saturated heterocycles. The van der Waals surface area contributed by atoms with Crippen LogP contribution < -0.4 is 19.6 Å². The topological polar surface area (TPSA) is 84.1 Å². The maximum Gasteiger partial charge on any atom is 0.271 e. The Morgan fingerprint density at radius 3 is 2.62 bits per heavy atom. The van der Waals surface area contributed by atoms with Gasteiger partial charge in [-0.1, -0.05) is 41.7 Å². The van der Waals surface area contributed by atoms with Gasteiger partial charge in [0.25, 0.3) is 11.5 Å². The second-order valence-corrected chi connectivity index (χ2v) is 12.3. The number of benzene rings is 3. The van der Waals surface area contributed by atoms with E-state index in [9.17, 15) is 14.7 Å². The van der Waals surface area contributed by atoms with Crippen molar-refractivity contribution in [2.24, 2.45) is 4.99 Å². The van der Waals surface area contributed by atoms with Gasteiger partial charge >= 0.3 is 0 Å². The maximum atomic E-state index is 14.2. The molecule has 1 N–H and O–H groups in total. The number of carbonyl (C=O) groups is 1. The average Bonchev–Trinajstić information content (AvgIpc) is 3.24. The zero-order valence-corrected chi connectivity index (χ0v) is 26.9. The van der Waals surface area contributed by atoms with Gasteiger partial charge in [-0.25, -0.2) is 4.99 Å². The molecule has 5 rings (SSSR count). The number of methoxy groups -OCH3 is 1. The summed E-state index contributed by atoms with van der Waals surface area (Å²) >= 11 is 6.72. The number of fused-ring (bicyclic) bond motifs is 2. The van der Waals surface area contributed by atoms with Gasteiger partial charge in [-0.3, -0.25) is 14.2 Å². The molecule has 2 heterocycles. The lowest BCUT2D eigenvalue weighted by atomic mass is 9.90. The Balaban J connectivity index is 1.85. The fraction of sp³-hybridized carbons (Fsp3) is 0.233. The van der Waals surface area contributed by atoms with E-state index >= 15 is 0 Å². The van der Waals surface area contributed by atoms with Gasteiger partial charge < -0.3 is 14.7 Å². The summed E-state index contributed by atoms with van der Waals surface area (Å²) in [6.45, 7) is 6.78. The van der Waals surface area contributed by atoms with Crippen LogP contribution in [0.25, 0.3) is 16.8 Å². The van der Waals surface area contributed by atoms with Gasteiger partial charge in [0.1, 0.15) is 17.5 Å². The number of phenols is 1. The lowest BCUT2D eigenvalue weighted by molar-refractivity contribution is -0.127. The molecule has 0 fully saturated rings. The predicted molar refractivity (Wildman–Crippen MR) is 171 cm³/mol. The van der Waals surface area contributed by atoms with Crippen LogP contribution >= 0.6 is 49.9 Å². The van der Waals surface area contributed by atoms with E-state index in [-0.39, 0.29) is 17.2 Å². The Morgan fingerprint density at radius 1 is 1.23 bits per heavy atom. The van der Waals surface area contributed by atoms with Crippen LogP contribution in [0.4, 0.5) is 0 Å². The smallest absolute Gasteiger partial charge is 0.271 e. The lowest BCUT2D eigenvalue weighted by Gasteiger charge is -2.30. The van der Waals surface area contributed by atoms with Gasteiger partial charge in [-0.05, 0) is 99.9 Å². The normalized spacial score (nSPS) is 15.2. The first kappa shape index (κ1) is 28.6. The van der Waals surface area contributed by atoms with E-state index in [2.05, 4.69) is 38.5 Å². The Bertz CT molecular complexity index is 1850. The largest absolute Gasteiger partial charge is 0.506 e. The van der Waals surface area contributed by atoms with Crippen molar-refractivity contribution in [1.29, 1.82) is 0 Å². The first-order chi connectivity index (χ1) is 19.2. The monoisotopic (exact) mass is 731 g/mol. The fourth-order valence-corrected chi connectivity index (χ4v) is 7.65. The number of allylic oxidation sites excluding steroid dienone is 1. The summed E-state index contributed by atoms with van der Waals surface area (Å²) < 4.78 is 9.15.